The average molecular weight is 400 g/mol. The molecule has 160 valence electrons. The number of esters is 1. The fourth-order valence-electron chi connectivity index (χ4n) is 3.65. The summed E-state index contributed by atoms with van der Waals surface area (Å²) in [7, 11) is 0. The highest BCUT2D eigenvalue weighted by Gasteiger charge is 2.07. The first-order valence-corrected chi connectivity index (χ1v) is 11.3. The van der Waals surface area contributed by atoms with Gasteiger partial charge in [-0.05, 0) is 44.4 Å². The molecule has 2 aromatic rings. The number of aliphatic hydroxyl groups excluding tert-OH is 1. The third-order valence-corrected chi connectivity index (χ3v) is 5.25. The van der Waals surface area contributed by atoms with Crippen LogP contribution in [0.3, 0.4) is 0 Å². The van der Waals surface area contributed by atoms with E-state index in [1.54, 1.807) is 0 Å². The average Bonchev–Trinajstić information content (AvgIpc) is 3.07. The molecule has 1 aromatic carbocycles. The van der Waals surface area contributed by atoms with Gasteiger partial charge in [0.2, 0.25) is 0 Å². The number of benzene rings is 1. The second kappa shape index (κ2) is 13.2. The monoisotopic (exact) mass is 399 g/mol. The van der Waals surface area contributed by atoms with Crippen LogP contribution < -0.4 is 0 Å². The van der Waals surface area contributed by atoms with Gasteiger partial charge in [-0.2, -0.15) is 0 Å². The second-order valence-electron chi connectivity index (χ2n) is 7.67. The molecule has 0 spiro atoms. The number of aliphatic hydroxyl groups is 1. The highest BCUT2D eigenvalue weighted by Crippen LogP contribution is 2.22. The number of hydrogen-bond donors (Lipinski definition) is 1. The number of carbonyl (C=O) groups excluding carboxylic acids is 1. The molecule has 4 heteroatoms. The van der Waals surface area contributed by atoms with Gasteiger partial charge in [0.05, 0.1) is 12.7 Å². The Morgan fingerprint density at radius 3 is 2.69 bits per heavy atom. The zero-order valence-corrected chi connectivity index (χ0v) is 18.1. The van der Waals surface area contributed by atoms with Crippen molar-refractivity contribution in [2.75, 3.05) is 6.61 Å². The molecule has 0 saturated carbocycles. The van der Waals surface area contributed by atoms with Gasteiger partial charge >= 0.3 is 5.97 Å². The Bertz CT molecular complexity index is 763. The molecule has 0 radical (unpaired) electrons. The summed E-state index contributed by atoms with van der Waals surface area (Å²) in [5.74, 6) is -0.0891. The quantitative estimate of drug-likeness (QED) is 0.308. The van der Waals surface area contributed by atoms with E-state index in [1.165, 1.54) is 23.7 Å². The van der Waals surface area contributed by atoms with E-state index < -0.39 is 0 Å². The first kappa shape index (κ1) is 23.2. The van der Waals surface area contributed by atoms with Crippen LogP contribution in [0.4, 0.5) is 0 Å². The van der Waals surface area contributed by atoms with Gasteiger partial charge in [-0.15, -0.1) is 0 Å². The highest BCUT2D eigenvalue weighted by molar-refractivity contribution is 5.83. The maximum Gasteiger partial charge on any atom is 0.305 e. The lowest BCUT2D eigenvalue weighted by Crippen LogP contribution is -2.04. The van der Waals surface area contributed by atoms with Crippen LogP contribution in [-0.4, -0.2) is 28.4 Å². The van der Waals surface area contributed by atoms with E-state index in [0.717, 1.165) is 50.8 Å². The third-order valence-electron chi connectivity index (χ3n) is 5.25. The van der Waals surface area contributed by atoms with E-state index in [0.29, 0.717) is 13.0 Å². The molecule has 1 heterocycles. The summed E-state index contributed by atoms with van der Waals surface area (Å²) in [6.07, 6.45) is 12.5. The van der Waals surface area contributed by atoms with Crippen LogP contribution in [0.25, 0.3) is 17.0 Å². The molecule has 0 bridgehead atoms. The van der Waals surface area contributed by atoms with Crippen LogP contribution >= 0.6 is 0 Å². The number of hydrogen-bond acceptors (Lipinski definition) is 3. The molecule has 1 aromatic heterocycles. The molecule has 0 fully saturated rings. The van der Waals surface area contributed by atoms with Crippen LogP contribution in [0.1, 0.15) is 77.3 Å². The van der Waals surface area contributed by atoms with Gasteiger partial charge in [0.15, 0.2) is 0 Å². The molecule has 0 saturated heterocycles. The van der Waals surface area contributed by atoms with Gasteiger partial charge in [-0.1, -0.05) is 63.3 Å². The van der Waals surface area contributed by atoms with Crippen molar-refractivity contribution >= 4 is 22.9 Å². The minimum atomic E-state index is -0.379. The molecule has 1 atom stereocenters. The normalized spacial score (nSPS) is 12.7. The van der Waals surface area contributed by atoms with E-state index >= 15 is 0 Å². The summed E-state index contributed by atoms with van der Waals surface area (Å²) in [5, 5.41) is 11.5. The lowest BCUT2D eigenvalue weighted by Gasteiger charge is -2.10. The first-order chi connectivity index (χ1) is 14.2. The molecule has 0 aliphatic carbocycles. The molecule has 0 aliphatic rings. The zero-order chi connectivity index (χ0) is 20.9. The van der Waals surface area contributed by atoms with Crippen LogP contribution in [-0.2, 0) is 16.1 Å². The van der Waals surface area contributed by atoms with E-state index in [4.69, 9.17) is 4.74 Å². The van der Waals surface area contributed by atoms with Gasteiger partial charge < -0.3 is 14.4 Å². The van der Waals surface area contributed by atoms with E-state index in [2.05, 4.69) is 47.9 Å². The van der Waals surface area contributed by atoms with Crippen molar-refractivity contribution in [3.05, 3.63) is 42.1 Å². The van der Waals surface area contributed by atoms with E-state index in [9.17, 15) is 9.90 Å². The van der Waals surface area contributed by atoms with Gasteiger partial charge in [0.25, 0.3) is 0 Å². The number of para-hydroxylation sites is 1. The van der Waals surface area contributed by atoms with Crippen LogP contribution in [0.2, 0.25) is 0 Å². The maximum absolute atomic E-state index is 11.4. The maximum atomic E-state index is 11.4. The highest BCUT2D eigenvalue weighted by atomic mass is 16.5. The van der Waals surface area contributed by atoms with Crippen molar-refractivity contribution in [3.63, 3.8) is 0 Å². The lowest BCUT2D eigenvalue weighted by atomic mass is 10.1. The zero-order valence-electron chi connectivity index (χ0n) is 18.1. The number of aromatic nitrogens is 1. The Kier molecular flexibility index (Phi) is 10.6. The molecule has 29 heavy (non-hydrogen) atoms. The molecule has 1 N–H and O–H groups in total. The number of unbranched alkanes of at least 4 members (excludes halogenated alkanes) is 5. The standard InChI is InChI=1S/C25H37NO3/c1-3-5-8-14-23(27)18-17-22-20-21-13-10-11-15-24(21)26(22)19-12-7-6-9-16-25(28)29-4-2/h10-11,13,15,17-18,20,23,27H,3-9,12,14,16,19H2,1-2H3/b18-17+. The Hall–Kier alpha value is -2.07. The molecule has 0 amide bonds. The van der Waals surface area contributed by atoms with Crippen molar-refractivity contribution in [2.45, 2.75) is 84.3 Å². The molecule has 4 nitrogen and oxygen atoms in total. The molecule has 0 aliphatic heterocycles. The first-order valence-electron chi connectivity index (χ1n) is 11.3. The molecule has 2 rings (SSSR count). The van der Waals surface area contributed by atoms with E-state index in [1.807, 2.05) is 13.0 Å². The fraction of sp³-hybridized carbons (Fsp3) is 0.560. The van der Waals surface area contributed by atoms with Gasteiger partial charge in [-0.3, -0.25) is 4.79 Å². The minimum Gasteiger partial charge on any atom is -0.466 e. The van der Waals surface area contributed by atoms with Gasteiger partial charge in [-0.25, -0.2) is 0 Å². The Morgan fingerprint density at radius 2 is 1.90 bits per heavy atom. The van der Waals surface area contributed by atoms with Crippen molar-refractivity contribution in [2.24, 2.45) is 0 Å². The largest absolute Gasteiger partial charge is 0.466 e. The molecular formula is C25H37NO3. The van der Waals surface area contributed by atoms with Crippen molar-refractivity contribution in [1.82, 2.24) is 4.57 Å². The lowest BCUT2D eigenvalue weighted by molar-refractivity contribution is -0.143. The summed E-state index contributed by atoms with van der Waals surface area (Å²) >= 11 is 0. The van der Waals surface area contributed by atoms with E-state index in [-0.39, 0.29) is 12.1 Å². The van der Waals surface area contributed by atoms with Crippen LogP contribution in [0.5, 0.6) is 0 Å². The summed E-state index contributed by atoms with van der Waals surface area (Å²) < 4.78 is 7.32. The minimum absolute atomic E-state index is 0.0891. The Balaban J connectivity index is 1.91. The summed E-state index contributed by atoms with van der Waals surface area (Å²) in [4.78, 5) is 11.4. The predicted molar refractivity (Wildman–Crippen MR) is 121 cm³/mol. The van der Waals surface area contributed by atoms with Crippen molar-refractivity contribution in [3.8, 4) is 0 Å². The summed E-state index contributed by atoms with van der Waals surface area (Å²) in [6, 6.07) is 10.6. The Morgan fingerprint density at radius 1 is 1.10 bits per heavy atom. The number of rotatable bonds is 14. The van der Waals surface area contributed by atoms with Crippen LogP contribution in [0, 0.1) is 0 Å². The fourth-order valence-corrected chi connectivity index (χ4v) is 3.65. The Labute approximate surface area is 175 Å². The van der Waals surface area contributed by atoms with Crippen molar-refractivity contribution in [1.29, 1.82) is 0 Å². The number of carbonyl (C=O) groups is 1. The number of nitrogens with zero attached hydrogens (tertiary/aromatic N) is 1. The summed E-state index contributed by atoms with van der Waals surface area (Å²) in [6.45, 7) is 5.43. The number of ether oxygens (including phenoxy) is 1. The van der Waals surface area contributed by atoms with Crippen molar-refractivity contribution < 1.29 is 14.6 Å². The molecule has 1 unspecified atom stereocenters. The second-order valence-corrected chi connectivity index (χ2v) is 7.67. The smallest absolute Gasteiger partial charge is 0.305 e. The molecular weight excluding hydrogens is 362 g/mol. The third kappa shape index (κ3) is 8.06. The topological polar surface area (TPSA) is 51.5 Å². The van der Waals surface area contributed by atoms with Gasteiger partial charge in [0, 0.05) is 29.6 Å². The van der Waals surface area contributed by atoms with Crippen LogP contribution in [0.15, 0.2) is 36.4 Å². The predicted octanol–water partition coefficient (Wildman–Crippen LogP) is 6.11. The van der Waals surface area contributed by atoms with Gasteiger partial charge in [0.1, 0.15) is 0 Å². The summed E-state index contributed by atoms with van der Waals surface area (Å²) in [5.41, 5.74) is 2.38. The number of aryl methyl sites for hydroxylation is 1. The SMILES string of the molecule is CCCCCC(O)/C=C/c1cc2ccccc2n1CCCCCCC(=O)OCC. The number of fused-ring (bicyclic) bond motifs is 1.